The molecule has 0 aliphatic carbocycles. The maximum atomic E-state index is 4.37. The molecule has 2 aromatic rings. The van der Waals surface area contributed by atoms with E-state index in [9.17, 15) is 0 Å². The number of likely N-dealkylation sites (tertiary alicyclic amines) is 1. The van der Waals surface area contributed by atoms with Crippen LogP contribution in [0.1, 0.15) is 25.3 Å². The minimum Gasteiger partial charge on any atom is -0.299 e. The number of piperidine rings is 1. The van der Waals surface area contributed by atoms with Crippen LogP contribution in [0.15, 0.2) is 36.5 Å². The van der Waals surface area contributed by atoms with Gasteiger partial charge in [-0.05, 0) is 49.1 Å². The zero-order valence-electron chi connectivity index (χ0n) is 11.0. The van der Waals surface area contributed by atoms with Crippen LogP contribution in [0.5, 0.6) is 0 Å². The Balaban J connectivity index is 1.78. The SMILES string of the molecule is C[C@H]1CCCN(Cc2ccc3ncccc3c2)C1. The molecule has 0 N–H and O–H groups in total. The highest BCUT2D eigenvalue weighted by atomic mass is 15.1. The summed E-state index contributed by atoms with van der Waals surface area (Å²) < 4.78 is 0. The lowest BCUT2D eigenvalue weighted by molar-refractivity contribution is 0.176. The van der Waals surface area contributed by atoms with Gasteiger partial charge in [0.05, 0.1) is 5.52 Å². The van der Waals surface area contributed by atoms with Crippen molar-refractivity contribution in [1.82, 2.24) is 9.88 Å². The molecule has 0 saturated carbocycles. The van der Waals surface area contributed by atoms with Gasteiger partial charge in [0, 0.05) is 24.7 Å². The van der Waals surface area contributed by atoms with E-state index < -0.39 is 0 Å². The minimum atomic E-state index is 0.848. The summed E-state index contributed by atoms with van der Waals surface area (Å²) in [7, 11) is 0. The van der Waals surface area contributed by atoms with Crippen molar-refractivity contribution in [2.24, 2.45) is 5.92 Å². The number of benzene rings is 1. The molecule has 1 aromatic carbocycles. The van der Waals surface area contributed by atoms with Crippen LogP contribution in [0.2, 0.25) is 0 Å². The standard InChI is InChI=1S/C16H20N2/c1-13-4-3-9-18(11-13)12-14-6-7-16-15(10-14)5-2-8-17-16/h2,5-8,10,13H,3-4,9,11-12H2,1H3/t13-/m0/s1. The van der Waals surface area contributed by atoms with E-state index in [-0.39, 0.29) is 0 Å². The van der Waals surface area contributed by atoms with Crippen molar-refractivity contribution in [3.63, 3.8) is 0 Å². The van der Waals surface area contributed by atoms with Crippen molar-refractivity contribution < 1.29 is 0 Å². The normalized spacial score (nSPS) is 21.3. The summed E-state index contributed by atoms with van der Waals surface area (Å²) in [5.41, 5.74) is 2.50. The molecule has 2 heteroatoms. The Kier molecular flexibility index (Phi) is 3.28. The Morgan fingerprint density at radius 2 is 2.28 bits per heavy atom. The monoisotopic (exact) mass is 240 g/mol. The second kappa shape index (κ2) is 5.07. The van der Waals surface area contributed by atoms with E-state index in [2.05, 4.69) is 41.1 Å². The van der Waals surface area contributed by atoms with E-state index in [0.717, 1.165) is 18.0 Å². The number of fused-ring (bicyclic) bond motifs is 1. The number of rotatable bonds is 2. The van der Waals surface area contributed by atoms with Crippen molar-refractivity contribution >= 4 is 10.9 Å². The Labute approximate surface area is 109 Å². The zero-order valence-corrected chi connectivity index (χ0v) is 11.0. The number of pyridine rings is 1. The third-order valence-corrected chi connectivity index (χ3v) is 3.81. The molecular formula is C16H20N2. The van der Waals surface area contributed by atoms with Gasteiger partial charge in [0.1, 0.15) is 0 Å². The summed E-state index contributed by atoms with van der Waals surface area (Å²) in [6.07, 6.45) is 4.59. The Hall–Kier alpha value is -1.41. The molecule has 1 saturated heterocycles. The van der Waals surface area contributed by atoms with Gasteiger partial charge in [0.2, 0.25) is 0 Å². The molecule has 0 amide bonds. The number of hydrogen-bond acceptors (Lipinski definition) is 2. The van der Waals surface area contributed by atoms with Crippen LogP contribution in [-0.4, -0.2) is 23.0 Å². The van der Waals surface area contributed by atoms with Crippen molar-refractivity contribution in [2.75, 3.05) is 13.1 Å². The zero-order chi connectivity index (χ0) is 12.4. The molecule has 1 aromatic heterocycles. The molecule has 0 spiro atoms. The van der Waals surface area contributed by atoms with E-state index >= 15 is 0 Å². The van der Waals surface area contributed by atoms with Gasteiger partial charge in [-0.3, -0.25) is 9.88 Å². The van der Waals surface area contributed by atoms with Crippen molar-refractivity contribution in [1.29, 1.82) is 0 Å². The minimum absolute atomic E-state index is 0.848. The molecule has 94 valence electrons. The molecule has 1 aliphatic rings. The van der Waals surface area contributed by atoms with E-state index in [0.29, 0.717) is 0 Å². The number of aromatic nitrogens is 1. The first-order valence-corrected chi connectivity index (χ1v) is 6.87. The van der Waals surface area contributed by atoms with Crippen LogP contribution < -0.4 is 0 Å². The average molecular weight is 240 g/mol. The predicted molar refractivity (Wildman–Crippen MR) is 75.4 cm³/mol. The van der Waals surface area contributed by atoms with Crippen molar-refractivity contribution in [2.45, 2.75) is 26.3 Å². The van der Waals surface area contributed by atoms with Crippen LogP contribution >= 0.6 is 0 Å². The summed E-state index contributed by atoms with van der Waals surface area (Å²) >= 11 is 0. The van der Waals surface area contributed by atoms with Crippen molar-refractivity contribution in [3.05, 3.63) is 42.1 Å². The van der Waals surface area contributed by atoms with Gasteiger partial charge < -0.3 is 0 Å². The van der Waals surface area contributed by atoms with Gasteiger partial charge in [-0.1, -0.05) is 19.1 Å². The second-order valence-corrected chi connectivity index (χ2v) is 5.51. The molecule has 1 aliphatic heterocycles. The smallest absolute Gasteiger partial charge is 0.0702 e. The topological polar surface area (TPSA) is 16.1 Å². The fourth-order valence-electron chi connectivity index (χ4n) is 2.91. The second-order valence-electron chi connectivity index (χ2n) is 5.51. The Morgan fingerprint density at radius 3 is 3.17 bits per heavy atom. The molecule has 2 heterocycles. The molecule has 1 fully saturated rings. The van der Waals surface area contributed by atoms with Gasteiger partial charge in [-0.25, -0.2) is 0 Å². The molecule has 3 rings (SSSR count). The molecule has 18 heavy (non-hydrogen) atoms. The summed E-state index contributed by atoms with van der Waals surface area (Å²) in [6, 6.07) is 10.8. The highest BCUT2D eigenvalue weighted by Crippen LogP contribution is 2.19. The summed E-state index contributed by atoms with van der Waals surface area (Å²) in [6.45, 7) is 5.92. The first-order chi connectivity index (χ1) is 8.81. The van der Waals surface area contributed by atoms with Gasteiger partial charge in [0.15, 0.2) is 0 Å². The fourth-order valence-corrected chi connectivity index (χ4v) is 2.91. The van der Waals surface area contributed by atoms with Crippen LogP contribution in [-0.2, 0) is 6.54 Å². The van der Waals surface area contributed by atoms with Crippen LogP contribution in [0.4, 0.5) is 0 Å². The van der Waals surface area contributed by atoms with Crippen LogP contribution in [0, 0.1) is 5.92 Å². The Bertz CT molecular complexity index is 535. The van der Waals surface area contributed by atoms with Gasteiger partial charge in [0.25, 0.3) is 0 Å². The number of hydrogen-bond donors (Lipinski definition) is 0. The summed E-state index contributed by atoms with van der Waals surface area (Å²) in [5, 5.41) is 1.25. The lowest BCUT2D eigenvalue weighted by Gasteiger charge is -2.30. The van der Waals surface area contributed by atoms with Gasteiger partial charge in [-0.15, -0.1) is 0 Å². The molecule has 2 nitrogen and oxygen atoms in total. The van der Waals surface area contributed by atoms with Crippen LogP contribution in [0.25, 0.3) is 10.9 Å². The Morgan fingerprint density at radius 1 is 1.33 bits per heavy atom. The third-order valence-electron chi connectivity index (χ3n) is 3.81. The fraction of sp³-hybridized carbons (Fsp3) is 0.438. The summed E-state index contributed by atoms with van der Waals surface area (Å²) in [5.74, 6) is 0.848. The summed E-state index contributed by atoms with van der Waals surface area (Å²) in [4.78, 5) is 6.94. The predicted octanol–water partition coefficient (Wildman–Crippen LogP) is 3.47. The van der Waals surface area contributed by atoms with Gasteiger partial charge >= 0.3 is 0 Å². The molecule has 0 radical (unpaired) electrons. The van der Waals surface area contributed by atoms with Crippen molar-refractivity contribution in [3.8, 4) is 0 Å². The molecule has 1 atom stereocenters. The highest BCUT2D eigenvalue weighted by molar-refractivity contribution is 5.78. The third kappa shape index (κ3) is 2.54. The highest BCUT2D eigenvalue weighted by Gasteiger charge is 2.16. The van der Waals surface area contributed by atoms with E-state index in [1.165, 1.54) is 36.9 Å². The van der Waals surface area contributed by atoms with Crippen LogP contribution in [0.3, 0.4) is 0 Å². The lowest BCUT2D eigenvalue weighted by atomic mass is 9.99. The van der Waals surface area contributed by atoms with E-state index in [4.69, 9.17) is 0 Å². The average Bonchev–Trinajstić information content (AvgIpc) is 2.39. The van der Waals surface area contributed by atoms with Gasteiger partial charge in [-0.2, -0.15) is 0 Å². The largest absolute Gasteiger partial charge is 0.299 e. The maximum Gasteiger partial charge on any atom is 0.0702 e. The maximum absolute atomic E-state index is 4.37. The number of nitrogens with zero attached hydrogens (tertiary/aromatic N) is 2. The first kappa shape index (κ1) is 11.7. The molecular weight excluding hydrogens is 220 g/mol. The lowest BCUT2D eigenvalue weighted by Crippen LogP contribution is -2.33. The molecule has 0 bridgehead atoms. The quantitative estimate of drug-likeness (QED) is 0.799. The molecule has 0 unspecified atom stereocenters. The van der Waals surface area contributed by atoms with E-state index in [1.54, 1.807) is 0 Å². The van der Waals surface area contributed by atoms with E-state index in [1.807, 2.05) is 12.3 Å². The first-order valence-electron chi connectivity index (χ1n) is 6.87.